The quantitative estimate of drug-likeness (QED) is 0.675. The molecular formula is C23H29FO4. The van der Waals surface area contributed by atoms with Gasteiger partial charge in [0.2, 0.25) is 0 Å². The maximum atomic E-state index is 13.0. The Labute approximate surface area is 166 Å². The van der Waals surface area contributed by atoms with Crippen LogP contribution in [0.3, 0.4) is 0 Å². The summed E-state index contributed by atoms with van der Waals surface area (Å²) < 4.78 is 30.3. The third kappa shape index (κ3) is 6.92. The summed E-state index contributed by atoms with van der Waals surface area (Å²) >= 11 is 0. The number of halogens is 1. The molecular weight excluding hydrogens is 359 g/mol. The lowest BCUT2D eigenvalue weighted by atomic mass is 10.0. The van der Waals surface area contributed by atoms with Crippen LogP contribution in [0.1, 0.15) is 57.8 Å². The molecule has 0 amide bonds. The summed E-state index contributed by atoms with van der Waals surface area (Å²) in [4.78, 5) is 12.1. The monoisotopic (exact) mass is 388 g/mol. The number of carbonyl (C=O) groups excluding carboxylic acids is 1. The number of hydrogen-bond donors (Lipinski definition) is 0. The molecule has 0 N–H and O–H groups in total. The normalized spacial score (nSPS) is 25.2. The van der Waals surface area contributed by atoms with Crippen molar-refractivity contribution in [3.63, 3.8) is 0 Å². The van der Waals surface area contributed by atoms with Gasteiger partial charge in [0, 0.05) is 19.4 Å². The summed E-state index contributed by atoms with van der Waals surface area (Å²) in [5.74, 6) is 6.84. The Bertz CT molecular complexity index is 670. The van der Waals surface area contributed by atoms with E-state index in [9.17, 15) is 9.18 Å². The minimum atomic E-state index is -0.276. The number of Topliss-reactive ketones (excluding diaryl/α,β-unsaturated/α-hetero) is 1. The molecule has 1 aromatic carbocycles. The lowest BCUT2D eigenvalue weighted by Crippen LogP contribution is -2.27. The number of rotatable bonds is 6. The van der Waals surface area contributed by atoms with E-state index >= 15 is 0 Å². The van der Waals surface area contributed by atoms with Gasteiger partial charge in [-0.05, 0) is 62.8 Å². The first kappa shape index (κ1) is 20.8. The number of carbonyl (C=O) groups is 1. The minimum Gasteiger partial charge on any atom is -0.491 e. The number of hydrogen-bond acceptors (Lipinski definition) is 4. The lowest BCUT2D eigenvalue weighted by molar-refractivity contribution is -0.133. The van der Waals surface area contributed by atoms with Gasteiger partial charge in [-0.2, -0.15) is 0 Å². The SMILES string of the molecule is O=C(CCC#C[C@@H]1CCCC[C@@H](COc2ccc(F)cc2)O1)C1CCCCO1. The molecule has 5 heteroatoms. The van der Waals surface area contributed by atoms with Crippen molar-refractivity contribution in [1.29, 1.82) is 0 Å². The third-order valence-electron chi connectivity index (χ3n) is 5.15. The summed E-state index contributed by atoms with van der Waals surface area (Å²) in [5, 5.41) is 0. The van der Waals surface area contributed by atoms with Gasteiger partial charge in [0.05, 0.1) is 6.10 Å². The maximum Gasteiger partial charge on any atom is 0.162 e. The van der Waals surface area contributed by atoms with Crippen molar-refractivity contribution in [1.82, 2.24) is 0 Å². The molecule has 0 saturated carbocycles. The molecule has 1 aromatic rings. The van der Waals surface area contributed by atoms with Crippen LogP contribution in [0.5, 0.6) is 5.75 Å². The van der Waals surface area contributed by atoms with Crippen molar-refractivity contribution in [2.45, 2.75) is 76.1 Å². The van der Waals surface area contributed by atoms with E-state index in [1.54, 1.807) is 12.1 Å². The molecule has 2 aliphatic heterocycles. The molecule has 1 unspecified atom stereocenters. The van der Waals surface area contributed by atoms with Crippen molar-refractivity contribution in [3.8, 4) is 17.6 Å². The largest absolute Gasteiger partial charge is 0.491 e. The predicted octanol–water partition coefficient (Wildman–Crippen LogP) is 4.45. The molecule has 2 aliphatic rings. The molecule has 0 aliphatic carbocycles. The Morgan fingerprint density at radius 1 is 1.11 bits per heavy atom. The highest BCUT2D eigenvalue weighted by Crippen LogP contribution is 2.20. The molecule has 2 saturated heterocycles. The van der Waals surface area contributed by atoms with Crippen LogP contribution < -0.4 is 4.74 Å². The zero-order chi connectivity index (χ0) is 19.6. The van der Waals surface area contributed by atoms with E-state index in [4.69, 9.17) is 14.2 Å². The summed E-state index contributed by atoms with van der Waals surface area (Å²) in [6.45, 7) is 1.13. The number of ketones is 1. The number of ether oxygens (including phenoxy) is 3. The standard InChI is InChI=1S/C23H29FO4/c24-18-12-14-19(15-13-18)27-17-21-9-2-1-7-20(28-21)8-3-4-10-22(25)23-11-5-6-16-26-23/h12-15,20-21,23H,1-2,4-7,9-11,16-17H2/t20-,21-,23?/m0/s1. The van der Waals surface area contributed by atoms with Gasteiger partial charge in [-0.15, -0.1) is 5.92 Å². The topological polar surface area (TPSA) is 44.8 Å². The van der Waals surface area contributed by atoms with Gasteiger partial charge < -0.3 is 14.2 Å². The van der Waals surface area contributed by atoms with Crippen molar-refractivity contribution in [2.24, 2.45) is 0 Å². The molecule has 3 atom stereocenters. The van der Waals surface area contributed by atoms with Crippen molar-refractivity contribution < 1.29 is 23.4 Å². The van der Waals surface area contributed by atoms with Crippen molar-refractivity contribution in [3.05, 3.63) is 30.1 Å². The van der Waals surface area contributed by atoms with Gasteiger partial charge in [-0.25, -0.2) is 4.39 Å². The molecule has 2 fully saturated rings. The molecule has 28 heavy (non-hydrogen) atoms. The Hall–Kier alpha value is -1.90. The van der Waals surface area contributed by atoms with E-state index in [1.165, 1.54) is 12.1 Å². The van der Waals surface area contributed by atoms with Crippen LogP contribution in [0.25, 0.3) is 0 Å². The molecule has 0 radical (unpaired) electrons. The highest BCUT2D eigenvalue weighted by Gasteiger charge is 2.21. The average Bonchev–Trinajstić information content (AvgIpc) is 2.96. The van der Waals surface area contributed by atoms with Crippen LogP contribution in [0.15, 0.2) is 24.3 Å². The lowest BCUT2D eigenvalue weighted by Gasteiger charge is -2.20. The third-order valence-corrected chi connectivity index (χ3v) is 5.15. The Morgan fingerprint density at radius 3 is 2.68 bits per heavy atom. The molecule has 0 bridgehead atoms. The van der Waals surface area contributed by atoms with E-state index in [2.05, 4.69) is 11.8 Å². The summed E-state index contributed by atoms with van der Waals surface area (Å²) in [7, 11) is 0. The summed E-state index contributed by atoms with van der Waals surface area (Å²) in [5.41, 5.74) is 0. The molecule has 0 aromatic heterocycles. The second kappa shape index (κ2) is 11.2. The molecule has 152 valence electrons. The van der Waals surface area contributed by atoms with Gasteiger partial charge in [0.15, 0.2) is 5.78 Å². The van der Waals surface area contributed by atoms with Crippen LogP contribution in [0.2, 0.25) is 0 Å². The van der Waals surface area contributed by atoms with E-state index in [0.29, 0.717) is 31.8 Å². The van der Waals surface area contributed by atoms with E-state index in [-0.39, 0.29) is 29.9 Å². The van der Waals surface area contributed by atoms with Crippen molar-refractivity contribution >= 4 is 5.78 Å². The Morgan fingerprint density at radius 2 is 1.89 bits per heavy atom. The van der Waals surface area contributed by atoms with Crippen LogP contribution in [0.4, 0.5) is 4.39 Å². The average molecular weight is 388 g/mol. The Balaban J connectivity index is 1.41. The molecule has 3 rings (SSSR count). The predicted molar refractivity (Wildman–Crippen MR) is 105 cm³/mol. The first-order valence-electron chi connectivity index (χ1n) is 10.4. The second-order valence-electron chi connectivity index (χ2n) is 7.44. The maximum absolute atomic E-state index is 13.0. The van der Waals surface area contributed by atoms with Crippen LogP contribution in [-0.4, -0.2) is 37.3 Å². The van der Waals surface area contributed by atoms with Crippen LogP contribution >= 0.6 is 0 Å². The van der Waals surface area contributed by atoms with Gasteiger partial charge in [0.25, 0.3) is 0 Å². The van der Waals surface area contributed by atoms with E-state index < -0.39 is 0 Å². The zero-order valence-corrected chi connectivity index (χ0v) is 16.3. The van der Waals surface area contributed by atoms with Crippen LogP contribution in [-0.2, 0) is 14.3 Å². The van der Waals surface area contributed by atoms with Gasteiger partial charge in [-0.1, -0.05) is 12.3 Å². The van der Waals surface area contributed by atoms with Crippen LogP contribution in [0, 0.1) is 17.7 Å². The zero-order valence-electron chi connectivity index (χ0n) is 16.3. The fraction of sp³-hybridized carbons (Fsp3) is 0.609. The molecule has 4 nitrogen and oxygen atoms in total. The van der Waals surface area contributed by atoms with Gasteiger partial charge in [-0.3, -0.25) is 4.79 Å². The Kier molecular flexibility index (Phi) is 8.32. The van der Waals surface area contributed by atoms with E-state index in [0.717, 1.165) is 44.9 Å². The molecule has 2 heterocycles. The fourth-order valence-corrected chi connectivity index (χ4v) is 3.55. The summed E-state index contributed by atoms with van der Waals surface area (Å²) in [6, 6.07) is 6.02. The fourth-order valence-electron chi connectivity index (χ4n) is 3.55. The summed E-state index contributed by atoms with van der Waals surface area (Å²) in [6.07, 6.45) is 7.57. The van der Waals surface area contributed by atoms with Crippen molar-refractivity contribution in [2.75, 3.05) is 13.2 Å². The first-order valence-corrected chi connectivity index (χ1v) is 10.4. The van der Waals surface area contributed by atoms with E-state index in [1.807, 2.05) is 0 Å². The highest BCUT2D eigenvalue weighted by atomic mass is 19.1. The molecule has 0 spiro atoms. The minimum absolute atomic E-state index is 0.0240. The second-order valence-corrected chi connectivity index (χ2v) is 7.44. The van der Waals surface area contributed by atoms with Gasteiger partial charge in [0.1, 0.15) is 30.4 Å². The smallest absolute Gasteiger partial charge is 0.162 e. The number of benzene rings is 1. The highest BCUT2D eigenvalue weighted by molar-refractivity contribution is 5.83. The first-order chi connectivity index (χ1) is 13.7. The van der Waals surface area contributed by atoms with Gasteiger partial charge >= 0.3 is 0 Å².